The SMILES string of the molecule is CC[C@H](C)[C@H](NC(=O)[C@H](CC(C)C)NC(=O)[C@H]1O[C@@H](O[C@H]2[C@@H](OCC(=O)OC(C)(C)C)[C@@H](NC(=O)[C@H](CSC(c3ccccc3)(c3ccccc3)c3ccccc3)NC(=O)OC(C)(C)C)[C@H](OCC(=O)NC(c3ccccc3)(c3ccccc3)c3ccccc3)O[C@@H]2CO)[C@H](OCC(=O)OC(C)(C)C)[C@@H](O)[C@@H]1O)C(=O)N[C@@H](CSC(c1ccccc1)(c1ccccc1)c1ccccc1)C(=O)OC(C)(C)C. The number of hydrogen-bond acceptors (Lipinski definition) is 24. The van der Waals surface area contributed by atoms with E-state index in [0.717, 1.165) is 33.4 Å². The second kappa shape index (κ2) is 49.2. The number of alkyl carbamates (subject to hydrolysis) is 1. The molecule has 9 aromatic rings. The molecule has 9 aromatic carbocycles. The molecule has 2 aliphatic rings. The van der Waals surface area contributed by atoms with E-state index in [9.17, 15) is 34.5 Å². The molecule has 2 saturated heterocycles. The summed E-state index contributed by atoms with van der Waals surface area (Å²) in [5.74, 6) is -8.77. The highest BCUT2D eigenvalue weighted by molar-refractivity contribution is 8.01. The van der Waals surface area contributed by atoms with Gasteiger partial charge in [0.1, 0.15) is 115 Å². The molecule has 6 amide bonds. The minimum Gasteiger partial charge on any atom is -0.458 e. The first-order valence-corrected chi connectivity index (χ1v) is 49.3. The lowest BCUT2D eigenvalue weighted by molar-refractivity contribution is -0.348. The van der Waals surface area contributed by atoms with Crippen LogP contribution < -0.4 is 31.9 Å². The number of carbonyl (C=O) groups is 9. The Morgan fingerprint density at radius 1 is 0.393 bits per heavy atom. The number of esters is 3. The van der Waals surface area contributed by atoms with Gasteiger partial charge in [-0.05, 0) is 151 Å². The zero-order valence-corrected chi connectivity index (χ0v) is 83.9. The highest BCUT2D eigenvalue weighted by atomic mass is 32.2. The molecule has 0 unspecified atom stereocenters. The Morgan fingerprint density at radius 2 is 0.771 bits per heavy atom. The maximum Gasteiger partial charge on any atom is 0.408 e. The minimum absolute atomic E-state index is 0.0562. The van der Waals surface area contributed by atoms with Gasteiger partial charge in [0.05, 0.1) is 16.1 Å². The molecule has 2 heterocycles. The molecule has 0 aliphatic carbocycles. The first-order chi connectivity index (χ1) is 66.6. The van der Waals surface area contributed by atoms with Gasteiger partial charge >= 0.3 is 24.0 Å². The summed E-state index contributed by atoms with van der Waals surface area (Å²) in [6.45, 7) is 22.8. The van der Waals surface area contributed by atoms with Gasteiger partial charge in [0.15, 0.2) is 18.7 Å². The Morgan fingerprint density at radius 3 is 1.14 bits per heavy atom. The molecule has 28 nitrogen and oxygen atoms in total. The second-order valence-corrected chi connectivity index (χ2v) is 41.7. The Hall–Kier alpha value is -11.7. The number of carbonyl (C=O) groups excluding carboxylic acids is 9. The Bertz CT molecular complexity index is 5200. The molecule has 748 valence electrons. The van der Waals surface area contributed by atoms with Crippen LogP contribution in [0.25, 0.3) is 0 Å². The summed E-state index contributed by atoms with van der Waals surface area (Å²) < 4.78 is 61.5. The molecule has 140 heavy (non-hydrogen) atoms. The molecule has 11 rings (SSSR count). The monoisotopic (exact) mass is 1950 g/mol. The van der Waals surface area contributed by atoms with Crippen molar-refractivity contribution in [3.63, 3.8) is 0 Å². The largest absolute Gasteiger partial charge is 0.458 e. The molecular formula is C110H134N6O22S2. The lowest BCUT2D eigenvalue weighted by atomic mass is 9.77. The number of ether oxygens (including phenoxy) is 10. The average molecular weight is 1960 g/mol. The standard InChI is InChI=1S/C110H134N6O22S2/c1-17-71(4)88(98(125)112-83(100(127)137-106(11,12)13)69-140-110(78-57-39-24-40-58-78,79-59-41-25-42-60-79)80-61-43-26-44-62-80)114-96(123)81(63-70(2)3)111-99(126)94-90(121)91(122)95(130-67-87(120)136-105(8,9)10)102(134-94)133-92-84(64-117)132-101(131-65-85(118)116-108(72-45-27-18-28-46-72,73-47-29-19-30-48-73)74-49-31-20-32-50-74)89(93(92)129-66-86(119)135-104(5,6)7)115-97(124)82(113-103(128)138-107(14,15)16)68-139-109(75-51-33-21-34-52-75,76-53-35-22-36-54-76)77-55-37-23-38-56-77/h18-62,70-71,81-84,88-95,101-102,117,121-122H,17,63-69H2,1-16H3,(H,111,126)(H,112,125)(H,113,128)(H,114,123)(H,115,124)(H,116,118)/t71-,81-,82-,83-,84+,88-,89+,90-,91-,92+,93-,94-,95+,101+,102+/m0/s1. The van der Waals surface area contributed by atoms with Crippen LogP contribution in [-0.4, -0.2) is 215 Å². The van der Waals surface area contributed by atoms with Crippen LogP contribution in [0, 0.1) is 11.8 Å². The van der Waals surface area contributed by atoms with Gasteiger partial charge in [-0.25, -0.2) is 19.2 Å². The van der Waals surface area contributed by atoms with Crippen molar-refractivity contribution in [2.45, 2.75) is 247 Å². The van der Waals surface area contributed by atoms with Crippen molar-refractivity contribution in [1.82, 2.24) is 31.9 Å². The number of hydrogen-bond donors (Lipinski definition) is 9. The van der Waals surface area contributed by atoms with Crippen LogP contribution in [0.4, 0.5) is 4.79 Å². The highest BCUT2D eigenvalue weighted by Gasteiger charge is 2.57. The number of rotatable bonds is 42. The Balaban J connectivity index is 0.985. The first kappa shape index (κ1) is 109. The van der Waals surface area contributed by atoms with Crippen molar-refractivity contribution in [2.75, 3.05) is 37.9 Å². The fourth-order valence-corrected chi connectivity index (χ4v) is 20.1. The summed E-state index contributed by atoms with van der Waals surface area (Å²) >= 11 is 2.70. The van der Waals surface area contributed by atoms with E-state index in [1.54, 1.807) is 104 Å². The number of benzene rings is 9. The average Bonchev–Trinajstić information content (AvgIpc) is 0.759. The van der Waals surface area contributed by atoms with Crippen LogP contribution in [0.5, 0.6) is 0 Å². The fraction of sp³-hybridized carbons (Fsp3) is 0.427. The maximum atomic E-state index is 16.5. The van der Waals surface area contributed by atoms with E-state index >= 15 is 24.0 Å². The van der Waals surface area contributed by atoms with Crippen molar-refractivity contribution in [2.24, 2.45) is 11.8 Å². The van der Waals surface area contributed by atoms with Gasteiger partial charge in [-0.3, -0.25) is 24.0 Å². The van der Waals surface area contributed by atoms with Gasteiger partial charge in [0, 0.05) is 11.5 Å². The van der Waals surface area contributed by atoms with Crippen LogP contribution >= 0.6 is 23.5 Å². The zero-order valence-electron chi connectivity index (χ0n) is 82.3. The van der Waals surface area contributed by atoms with Crippen LogP contribution in [0.3, 0.4) is 0 Å². The number of amides is 6. The van der Waals surface area contributed by atoms with Crippen LogP contribution in [0.15, 0.2) is 273 Å². The molecule has 15 atom stereocenters. The molecule has 2 aliphatic heterocycles. The van der Waals surface area contributed by atoms with E-state index in [4.69, 9.17) is 47.4 Å². The summed E-state index contributed by atoms with van der Waals surface area (Å²) in [5, 5.41) is 55.0. The highest BCUT2D eigenvalue weighted by Crippen LogP contribution is 2.51. The van der Waals surface area contributed by atoms with Crippen LogP contribution in [-0.2, 0) is 101 Å². The quantitative estimate of drug-likeness (QED) is 0.00974. The second-order valence-electron chi connectivity index (χ2n) is 39.2. The molecule has 2 fully saturated rings. The van der Waals surface area contributed by atoms with Crippen molar-refractivity contribution in [3.05, 3.63) is 323 Å². The van der Waals surface area contributed by atoms with Gasteiger partial charge in [-0.1, -0.05) is 307 Å². The number of nitrogens with one attached hydrogen (secondary N) is 6. The number of aliphatic hydroxyl groups excluding tert-OH is 3. The molecule has 30 heteroatoms. The Labute approximate surface area is 829 Å². The molecule has 0 spiro atoms. The predicted octanol–water partition coefficient (Wildman–Crippen LogP) is 13.8. The topological polar surface area (TPSA) is 379 Å². The molecular weight excluding hydrogens is 1820 g/mol. The van der Waals surface area contributed by atoms with Crippen molar-refractivity contribution < 1.29 is 106 Å². The minimum atomic E-state index is -2.32. The number of thioether (sulfide) groups is 2. The van der Waals surface area contributed by atoms with Crippen molar-refractivity contribution in [3.8, 4) is 0 Å². The van der Waals surface area contributed by atoms with Crippen molar-refractivity contribution in [1.29, 1.82) is 0 Å². The Kier molecular flexibility index (Phi) is 38.2. The lowest BCUT2D eigenvalue weighted by Gasteiger charge is -2.49. The molecule has 0 radical (unpaired) electrons. The normalized spacial score (nSPS) is 19.8. The van der Waals surface area contributed by atoms with Gasteiger partial charge in [0.2, 0.25) is 23.6 Å². The summed E-state index contributed by atoms with van der Waals surface area (Å²) in [6, 6.07) is 77.7. The van der Waals surface area contributed by atoms with E-state index in [-0.39, 0.29) is 17.9 Å². The van der Waals surface area contributed by atoms with Gasteiger partial charge in [-0.15, -0.1) is 23.5 Å². The maximum absolute atomic E-state index is 16.5. The summed E-state index contributed by atoms with van der Waals surface area (Å²) in [7, 11) is 0. The van der Waals surface area contributed by atoms with E-state index in [1.165, 1.54) is 23.5 Å². The third-order valence-corrected chi connectivity index (χ3v) is 26.6. The summed E-state index contributed by atoms with van der Waals surface area (Å²) in [4.78, 5) is 137. The fourth-order valence-electron chi connectivity index (χ4n) is 17.0. The summed E-state index contributed by atoms with van der Waals surface area (Å²) in [5.41, 5.74) is 1.02. The van der Waals surface area contributed by atoms with Gasteiger partial charge < -0.3 is 94.6 Å². The number of aliphatic hydroxyl groups is 3. The molecule has 0 bridgehead atoms. The lowest BCUT2D eigenvalue weighted by Crippen LogP contribution is -2.70. The zero-order chi connectivity index (χ0) is 101. The third-order valence-electron chi connectivity index (χ3n) is 23.3. The predicted molar refractivity (Wildman–Crippen MR) is 535 cm³/mol. The van der Waals surface area contributed by atoms with Crippen LogP contribution in [0.2, 0.25) is 0 Å². The third kappa shape index (κ3) is 28.8. The van der Waals surface area contributed by atoms with E-state index in [2.05, 4.69) is 31.9 Å². The molecule has 0 aromatic heterocycles. The van der Waals surface area contributed by atoms with E-state index in [1.807, 2.05) is 280 Å². The first-order valence-electron chi connectivity index (χ1n) is 47.3. The van der Waals surface area contributed by atoms with E-state index < -0.39 is 215 Å². The molecule has 9 N–H and O–H groups in total. The van der Waals surface area contributed by atoms with Gasteiger partial charge in [0.25, 0.3) is 5.91 Å². The smallest absolute Gasteiger partial charge is 0.408 e. The molecule has 0 saturated carbocycles. The van der Waals surface area contributed by atoms with Crippen LogP contribution in [0.1, 0.15) is 174 Å². The van der Waals surface area contributed by atoms with E-state index in [0.29, 0.717) is 23.1 Å². The van der Waals surface area contributed by atoms with Crippen molar-refractivity contribution >= 4 is 77.1 Å². The summed E-state index contributed by atoms with van der Waals surface area (Å²) in [6.07, 6.45) is -19.8. The van der Waals surface area contributed by atoms with Gasteiger partial charge in [-0.2, -0.15) is 0 Å².